The summed E-state index contributed by atoms with van der Waals surface area (Å²) in [4.78, 5) is 1.85. The highest BCUT2D eigenvalue weighted by Gasteiger charge is 2.38. The molecule has 1 aliphatic rings. The van der Waals surface area contributed by atoms with Gasteiger partial charge in [-0.3, -0.25) is 4.90 Å². The van der Waals surface area contributed by atoms with Crippen molar-refractivity contribution >= 4 is 0 Å². The van der Waals surface area contributed by atoms with Gasteiger partial charge in [-0.2, -0.15) is 0 Å². The lowest BCUT2D eigenvalue weighted by atomic mass is 9.94. The Labute approximate surface area is 101 Å². The molecule has 4 heteroatoms. The van der Waals surface area contributed by atoms with E-state index < -0.39 is 5.72 Å². The number of nitrogens with zero attached hydrogens (tertiary/aromatic N) is 1. The molecule has 1 aromatic rings. The van der Waals surface area contributed by atoms with E-state index in [1.807, 2.05) is 4.90 Å². The van der Waals surface area contributed by atoms with E-state index >= 15 is 0 Å². The molecule has 0 spiro atoms. The lowest BCUT2D eigenvalue weighted by Gasteiger charge is -2.45. The van der Waals surface area contributed by atoms with E-state index in [0.29, 0.717) is 12.1 Å². The van der Waals surface area contributed by atoms with Crippen LogP contribution in [0.1, 0.15) is 25.3 Å². The molecule has 0 amide bonds. The van der Waals surface area contributed by atoms with Crippen LogP contribution in [0.2, 0.25) is 0 Å². The van der Waals surface area contributed by atoms with Crippen molar-refractivity contribution in [3.05, 3.63) is 35.6 Å². The number of halogens is 1. The van der Waals surface area contributed by atoms with Crippen LogP contribution in [-0.4, -0.2) is 28.3 Å². The molecule has 3 nitrogen and oxygen atoms in total. The molecule has 0 aromatic heterocycles. The van der Waals surface area contributed by atoms with Crippen molar-refractivity contribution < 1.29 is 9.50 Å². The lowest BCUT2D eigenvalue weighted by molar-refractivity contribution is -0.135. The second-order valence-electron chi connectivity index (χ2n) is 4.86. The van der Waals surface area contributed by atoms with E-state index in [1.165, 1.54) is 6.07 Å². The van der Waals surface area contributed by atoms with Gasteiger partial charge in [0.2, 0.25) is 0 Å². The lowest BCUT2D eigenvalue weighted by Crippen LogP contribution is -2.60. The van der Waals surface area contributed by atoms with Gasteiger partial charge in [-0.1, -0.05) is 18.2 Å². The third kappa shape index (κ3) is 2.49. The number of piperidine rings is 1. The Bertz CT molecular complexity index is 395. The normalized spacial score (nSPS) is 30.5. The van der Waals surface area contributed by atoms with Crippen molar-refractivity contribution in [1.29, 1.82) is 0 Å². The van der Waals surface area contributed by atoms with Gasteiger partial charge in [0.1, 0.15) is 11.5 Å². The summed E-state index contributed by atoms with van der Waals surface area (Å²) in [7, 11) is 0. The van der Waals surface area contributed by atoms with E-state index in [4.69, 9.17) is 5.73 Å². The van der Waals surface area contributed by atoms with Crippen molar-refractivity contribution in [2.45, 2.75) is 38.1 Å². The summed E-state index contributed by atoms with van der Waals surface area (Å²) in [5.41, 5.74) is 5.45. The highest BCUT2D eigenvalue weighted by molar-refractivity contribution is 5.17. The minimum Gasteiger partial charge on any atom is -0.374 e. The smallest absolute Gasteiger partial charge is 0.131 e. The van der Waals surface area contributed by atoms with Crippen LogP contribution in [0.3, 0.4) is 0 Å². The average Bonchev–Trinajstić information content (AvgIpc) is 2.28. The molecule has 1 aliphatic heterocycles. The van der Waals surface area contributed by atoms with Crippen LogP contribution in [0.15, 0.2) is 24.3 Å². The fraction of sp³-hybridized carbons (Fsp3) is 0.538. The minimum absolute atomic E-state index is 0.234. The van der Waals surface area contributed by atoms with Crippen molar-refractivity contribution in [1.82, 2.24) is 4.90 Å². The van der Waals surface area contributed by atoms with Crippen molar-refractivity contribution in [3.8, 4) is 0 Å². The van der Waals surface area contributed by atoms with E-state index in [2.05, 4.69) is 0 Å². The summed E-state index contributed by atoms with van der Waals surface area (Å²) in [5, 5.41) is 10.3. The molecule has 1 aromatic carbocycles. The molecule has 0 bridgehead atoms. The fourth-order valence-electron chi connectivity index (χ4n) is 2.31. The summed E-state index contributed by atoms with van der Waals surface area (Å²) >= 11 is 0. The summed E-state index contributed by atoms with van der Waals surface area (Å²) in [6, 6.07) is 6.37. The van der Waals surface area contributed by atoms with Crippen LogP contribution in [0.5, 0.6) is 0 Å². The van der Waals surface area contributed by atoms with E-state index in [-0.39, 0.29) is 11.9 Å². The number of benzene rings is 1. The van der Waals surface area contributed by atoms with Gasteiger partial charge in [0.05, 0.1) is 0 Å². The SMILES string of the molecule is CC1(O)C(N)CCCN1Cc1ccccc1F. The summed E-state index contributed by atoms with van der Waals surface area (Å²) in [6.07, 6.45) is 1.74. The third-order valence-corrected chi connectivity index (χ3v) is 3.60. The molecular formula is C13H19FN2O. The summed E-state index contributed by atoms with van der Waals surface area (Å²) in [5.74, 6) is -0.234. The number of hydrogen-bond acceptors (Lipinski definition) is 3. The van der Waals surface area contributed by atoms with E-state index in [0.717, 1.165) is 19.4 Å². The number of rotatable bonds is 2. The third-order valence-electron chi connectivity index (χ3n) is 3.60. The molecule has 1 heterocycles. The largest absolute Gasteiger partial charge is 0.374 e. The van der Waals surface area contributed by atoms with E-state index in [1.54, 1.807) is 25.1 Å². The number of likely N-dealkylation sites (tertiary alicyclic amines) is 1. The summed E-state index contributed by atoms with van der Waals surface area (Å²) < 4.78 is 13.6. The summed E-state index contributed by atoms with van der Waals surface area (Å²) in [6.45, 7) is 2.85. The first kappa shape index (κ1) is 12.5. The number of aliphatic hydroxyl groups is 1. The number of nitrogens with two attached hydrogens (primary N) is 1. The Morgan fingerprint density at radius 3 is 2.94 bits per heavy atom. The van der Waals surface area contributed by atoms with Gasteiger partial charge in [0, 0.05) is 24.7 Å². The van der Waals surface area contributed by atoms with Gasteiger partial charge in [-0.15, -0.1) is 0 Å². The monoisotopic (exact) mass is 238 g/mol. The molecule has 2 atom stereocenters. The first-order valence-corrected chi connectivity index (χ1v) is 5.98. The maximum absolute atomic E-state index is 13.6. The molecule has 0 radical (unpaired) electrons. The maximum Gasteiger partial charge on any atom is 0.131 e. The van der Waals surface area contributed by atoms with Crippen molar-refractivity contribution in [2.75, 3.05) is 6.54 Å². The molecule has 1 saturated heterocycles. The Morgan fingerprint density at radius 1 is 1.53 bits per heavy atom. The Hall–Kier alpha value is -0.970. The molecule has 2 unspecified atom stereocenters. The molecule has 1 fully saturated rings. The quantitative estimate of drug-likeness (QED) is 0.820. The van der Waals surface area contributed by atoms with Crippen LogP contribution < -0.4 is 5.73 Å². The highest BCUT2D eigenvalue weighted by Crippen LogP contribution is 2.26. The van der Waals surface area contributed by atoms with Gasteiger partial charge in [0.25, 0.3) is 0 Å². The van der Waals surface area contributed by atoms with E-state index in [9.17, 15) is 9.50 Å². The van der Waals surface area contributed by atoms with Crippen LogP contribution in [0.4, 0.5) is 4.39 Å². The first-order chi connectivity index (χ1) is 8.01. The van der Waals surface area contributed by atoms with Gasteiger partial charge in [0.15, 0.2) is 0 Å². The standard InChI is InChI=1S/C13H19FN2O/c1-13(17)12(15)7-4-8-16(13)9-10-5-2-3-6-11(10)14/h2-3,5-6,12,17H,4,7-9,15H2,1H3. The fourth-order valence-corrected chi connectivity index (χ4v) is 2.31. The van der Waals surface area contributed by atoms with Crippen molar-refractivity contribution in [3.63, 3.8) is 0 Å². The number of hydrogen-bond donors (Lipinski definition) is 2. The molecule has 3 N–H and O–H groups in total. The molecule has 0 aliphatic carbocycles. The predicted octanol–water partition coefficient (Wildman–Crippen LogP) is 1.46. The van der Waals surface area contributed by atoms with Crippen LogP contribution >= 0.6 is 0 Å². The minimum atomic E-state index is -1.06. The molecule has 17 heavy (non-hydrogen) atoms. The first-order valence-electron chi connectivity index (χ1n) is 5.98. The van der Waals surface area contributed by atoms with Crippen LogP contribution in [0.25, 0.3) is 0 Å². The highest BCUT2D eigenvalue weighted by atomic mass is 19.1. The zero-order valence-corrected chi connectivity index (χ0v) is 10.1. The Kier molecular flexibility index (Phi) is 3.47. The van der Waals surface area contributed by atoms with Gasteiger partial charge >= 0.3 is 0 Å². The van der Waals surface area contributed by atoms with Gasteiger partial charge in [-0.25, -0.2) is 4.39 Å². The molecule has 0 saturated carbocycles. The maximum atomic E-state index is 13.6. The van der Waals surface area contributed by atoms with Crippen LogP contribution in [0, 0.1) is 5.82 Å². The predicted molar refractivity (Wildman–Crippen MR) is 64.6 cm³/mol. The Balaban J connectivity index is 2.15. The molecular weight excluding hydrogens is 219 g/mol. The topological polar surface area (TPSA) is 49.5 Å². The second-order valence-corrected chi connectivity index (χ2v) is 4.86. The zero-order chi connectivity index (χ0) is 12.5. The van der Waals surface area contributed by atoms with Gasteiger partial charge in [-0.05, 0) is 25.8 Å². The Morgan fingerprint density at radius 2 is 2.24 bits per heavy atom. The molecule has 94 valence electrons. The van der Waals surface area contributed by atoms with Gasteiger partial charge < -0.3 is 10.8 Å². The average molecular weight is 238 g/mol. The van der Waals surface area contributed by atoms with Crippen LogP contribution in [-0.2, 0) is 6.54 Å². The zero-order valence-electron chi connectivity index (χ0n) is 10.1. The van der Waals surface area contributed by atoms with Crippen molar-refractivity contribution in [2.24, 2.45) is 5.73 Å². The molecule has 2 rings (SSSR count). The second kappa shape index (κ2) is 4.72.